The smallest absolute Gasteiger partial charge is 0.265 e. The van der Waals surface area contributed by atoms with Gasteiger partial charge in [0.05, 0.1) is 5.02 Å². The summed E-state index contributed by atoms with van der Waals surface area (Å²) < 4.78 is 5.70. The van der Waals surface area contributed by atoms with Gasteiger partial charge in [0.25, 0.3) is 5.91 Å². The summed E-state index contributed by atoms with van der Waals surface area (Å²) in [5, 5.41) is 10.2. The van der Waals surface area contributed by atoms with Crippen molar-refractivity contribution >= 4 is 23.2 Å². The van der Waals surface area contributed by atoms with Gasteiger partial charge in [-0.15, -0.1) is 0 Å². The van der Waals surface area contributed by atoms with Gasteiger partial charge in [0, 0.05) is 17.7 Å². The second-order valence-electron chi connectivity index (χ2n) is 5.85. The number of hydrogen-bond acceptors (Lipinski definition) is 4. The van der Waals surface area contributed by atoms with Crippen LogP contribution in [-0.4, -0.2) is 27.2 Å². The molecule has 4 rings (SSSR count). The molecule has 1 aliphatic rings. The number of carbonyl (C=O) groups excluding carboxylic acids is 1. The maximum atomic E-state index is 12.4. The van der Waals surface area contributed by atoms with Crippen LogP contribution in [0.3, 0.4) is 0 Å². The van der Waals surface area contributed by atoms with E-state index in [1.165, 1.54) is 0 Å². The van der Waals surface area contributed by atoms with Gasteiger partial charge in [0.2, 0.25) is 0 Å². The van der Waals surface area contributed by atoms with Crippen LogP contribution in [0.5, 0.6) is 5.75 Å². The van der Waals surface area contributed by atoms with Crippen molar-refractivity contribution in [2.45, 2.75) is 19.4 Å². The summed E-state index contributed by atoms with van der Waals surface area (Å²) in [5.41, 5.74) is 2.34. The second-order valence-corrected chi connectivity index (χ2v) is 6.25. The Morgan fingerprint density at radius 2 is 2.16 bits per heavy atom. The summed E-state index contributed by atoms with van der Waals surface area (Å²) in [6.45, 7) is 1.82. The molecule has 1 unspecified atom stereocenters. The van der Waals surface area contributed by atoms with Gasteiger partial charge in [-0.25, -0.2) is 4.98 Å². The van der Waals surface area contributed by atoms with Crippen molar-refractivity contribution in [3.8, 4) is 17.1 Å². The first kappa shape index (κ1) is 15.7. The topological polar surface area (TPSA) is 79.9 Å². The standard InChI is InChI=1S/C18H15ClN4O2/c1-10-20-17(23-22-10)13-7-6-12(9-14(13)19)21-18(24)16-8-11-4-2-3-5-15(11)25-16/h2-7,9,16H,8H2,1H3,(H,21,24)(H,20,22,23). The van der Waals surface area contributed by atoms with Crippen LogP contribution in [0, 0.1) is 6.92 Å². The summed E-state index contributed by atoms with van der Waals surface area (Å²) in [6, 6.07) is 12.9. The first-order chi connectivity index (χ1) is 12.1. The van der Waals surface area contributed by atoms with E-state index in [2.05, 4.69) is 20.5 Å². The van der Waals surface area contributed by atoms with E-state index in [4.69, 9.17) is 16.3 Å². The molecule has 126 valence electrons. The number of fused-ring (bicyclic) bond motifs is 1. The fourth-order valence-corrected chi connectivity index (χ4v) is 3.05. The number of hydrogen-bond donors (Lipinski definition) is 2. The van der Waals surface area contributed by atoms with Crippen molar-refractivity contribution in [1.29, 1.82) is 0 Å². The highest BCUT2D eigenvalue weighted by atomic mass is 35.5. The molecule has 2 N–H and O–H groups in total. The second kappa shape index (κ2) is 6.22. The number of aromatic nitrogens is 3. The summed E-state index contributed by atoms with van der Waals surface area (Å²) >= 11 is 6.31. The summed E-state index contributed by atoms with van der Waals surface area (Å²) in [4.78, 5) is 16.7. The summed E-state index contributed by atoms with van der Waals surface area (Å²) in [7, 11) is 0. The number of H-pyrrole nitrogens is 1. The van der Waals surface area contributed by atoms with Gasteiger partial charge >= 0.3 is 0 Å². The molecule has 0 saturated carbocycles. The van der Waals surface area contributed by atoms with E-state index in [0.717, 1.165) is 11.3 Å². The van der Waals surface area contributed by atoms with Gasteiger partial charge < -0.3 is 10.1 Å². The Balaban J connectivity index is 1.48. The minimum absolute atomic E-state index is 0.200. The SMILES string of the molecule is Cc1nc(-c2ccc(NC(=O)C3Cc4ccccc4O3)cc2Cl)n[nH]1. The van der Waals surface area contributed by atoms with Crippen molar-refractivity contribution in [3.05, 3.63) is 58.9 Å². The largest absolute Gasteiger partial charge is 0.480 e. The van der Waals surface area contributed by atoms with Crippen molar-refractivity contribution in [1.82, 2.24) is 15.2 Å². The van der Waals surface area contributed by atoms with Gasteiger partial charge in [-0.05, 0) is 36.8 Å². The Kier molecular flexibility index (Phi) is 3.89. The van der Waals surface area contributed by atoms with Gasteiger partial charge in [-0.1, -0.05) is 29.8 Å². The van der Waals surface area contributed by atoms with Crippen LogP contribution < -0.4 is 10.1 Å². The van der Waals surface area contributed by atoms with Crippen molar-refractivity contribution in [2.24, 2.45) is 0 Å². The van der Waals surface area contributed by atoms with Crippen LogP contribution in [-0.2, 0) is 11.2 Å². The maximum Gasteiger partial charge on any atom is 0.265 e. The highest BCUT2D eigenvalue weighted by Gasteiger charge is 2.28. The minimum Gasteiger partial charge on any atom is -0.480 e. The van der Waals surface area contributed by atoms with Crippen molar-refractivity contribution in [3.63, 3.8) is 0 Å². The number of aromatic amines is 1. The number of halogens is 1. The summed E-state index contributed by atoms with van der Waals surface area (Å²) in [5.74, 6) is 1.79. The molecule has 0 bridgehead atoms. The third-order valence-corrected chi connectivity index (χ3v) is 4.33. The molecular weight excluding hydrogens is 340 g/mol. The quantitative estimate of drug-likeness (QED) is 0.755. The average Bonchev–Trinajstić information content (AvgIpc) is 3.21. The molecule has 1 atom stereocenters. The number of anilines is 1. The lowest BCUT2D eigenvalue weighted by Gasteiger charge is -2.12. The van der Waals surface area contributed by atoms with E-state index in [-0.39, 0.29) is 5.91 Å². The lowest BCUT2D eigenvalue weighted by atomic mass is 10.1. The molecule has 0 fully saturated rings. The van der Waals surface area contributed by atoms with Gasteiger partial charge in [-0.3, -0.25) is 9.89 Å². The molecule has 7 heteroatoms. The molecule has 0 radical (unpaired) electrons. The van der Waals surface area contributed by atoms with Crippen molar-refractivity contribution in [2.75, 3.05) is 5.32 Å². The molecule has 25 heavy (non-hydrogen) atoms. The molecule has 2 aromatic carbocycles. The Morgan fingerprint density at radius 3 is 2.88 bits per heavy atom. The van der Waals surface area contributed by atoms with Gasteiger partial charge in [0.1, 0.15) is 11.6 Å². The maximum absolute atomic E-state index is 12.4. The fraction of sp³-hybridized carbons (Fsp3) is 0.167. The van der Waals surface area contributed by atoms with E-state index >= 15 is 0 Å². The molecule has 1 amide bonds. The van der Waals surface area contributed by atoms with Crippen LogP contribution in [0.2, 0.25) is 5.02 Å². The molecule has 0 saturated heterocycles. The molecule has 0 aliphatic carbocycles. The zero-order valence-corrected chi connectivity index (χ0v) is 14.2. The Bertz CT molecular complexity index is 929. The lowest BCUT2D eigenvalue weighted by molar-refractivity contribution is -0.122. The number of nitrogens with zero attached hydrogens (tertiary/aromatic N) is 2. The Morgan fingerprint density at radius 1 is 1.32 bits per heavy atom. The molecule has 3 aromatic rings. The highest BCUT2D eigenvalue weighted by molar-refractivity contribution is 6.33. The predicted octanol–water partition coefficient (Wildman–Crippen LogP) is 3.38. The number of rotatable bonds is 3. The van der Waals surface area contributed by atoms with E-state index in [9.17, 15) is 4.79 Å². The Hall–Kier alpha value is -2.86. The van der Waals surface area contributed by atoms with Crippen LogP contribution in [0.25, 0.3) is 11.4 Å². The zero-order chi connectivity index (χ0) is 17.4. The number of carbonyl (C=O) groups is 1. The number of nitrogens with one attached hydrogen (secondary N) is 2. The molecule has 0 spiro atoms. The molecule has 2 heterocycles. The first-order valence-electron chi connectivity index (χ1n) is 7.84. The third-order valence-electron chi connectivity index (χ3n) is 4.01. The molecular formula is C18H15ClN4O2. The van der Waals surface area contributed by atoms with Crippen LogP contribution >= 0.6 is 11.6 Å². The number of ether oxygens (including phenoxy) is 1. The van der Waals surface area contributed by atoms with E-state index in [1.807, 2.05) is 31.2 Å². The third kappa shape index (κ3) is 3.08. The van der Waals surface area contributed by atoms with Crippen LogP contribution in [0.4, 0.5) is 5.69 Å². The van der Waals surface area contributed by atoms with E-state index in [0.29, 0.717) is 34.3 Å². The number of benzene rings is 2. The highest BCUT2D eigenvalue weighted by Crippen LogP contribution is 2.30. The average molecular weight is 355 g/mol. The number of para-hydroxylation sites is 1. The van der Waals surface area contributed by atoms with Crippen molar-refractivity contribution < 1.29 is 9.53 Å². The first-order valence-corrected chi connectivity index (χ1v) is 8.22. The monoisotopic (exact) mass is 354 g/mol. The molecule has 1 aromatic heterocycles. The summed E-state index contributed by atoms with van der Waals surface area (Å²) in [6.07, 6.45) is 0.0242. The fourth-order valence-electron chi connectivity index (χ4n) is 2.79. The Labute approximate surface area is 149 Å². The number of amides is 1. The van der Waals surface area contributed by atoms with Crippen LogP contribution in [0.1, 0.15) is 11.4 Å². The van der Waals surface area contributed by atoms with Crippen LogP contribution in [0.15, 0.2) is 42.5 Å². The van der Waals surface area contributed by atoms with E-state index < -0.39 is 6.10 Å². The molecule has 6 nitrogen and oxygen atoms in total. The van der Waals surface area contributed by atoms with E-state index in [1.54, 1.807) is 18.2 Å². The zero-order valence-electron chi connectivity index (χ0n) is 13.4. The predicted molar refractivity (Wildman–Crippen MR) is 94.8 cm³/mol. The van der Waals surface area contributed by atoms with Gasteiger partial charge in [-0.2, -0.15) is 5.10 Å². The number of aryl methyl sites for hydroxylation is 1. The minimum atomic E-state index is -0.536. The lowest BCUT2D eigenvalue weighted by Crippen LogP contribution is -2.31. The molecule has 1 aliphatic heterocycles. The van der Waals surface area contributed by atoms with Gasteiger partial charge in [0.15, 0.2) is 11.9 Å². The normalized spacial score (nSPS) is 15.5.